The molecule has 1 saturated heterocycles. The summed E-state index contributed by atoms with van der Waals surface area (Å²) < 4.78 is 0. The summed E-state index contributed by atoms with van der Waals surface area (Å²) in [4.78, 5) is 25.9. The summed E-state index contributed by atoms with van der Waals surface area (Å²) in [5, 5.41) is 10.3. The largest absolute Gasteiger partial charge is 0.477 e. The lowest BCUT2D eigenvalue weighted by Crippen LogP contribution is -2.47. The van der Waals surface area contributed by atoms with Crippen molar-refractivity contribution in [3.8, 4) is 0 Å². The number of carboxylic acids is 1. The second-order valence-corrected chi connectivity index (χ2v) is 7.55. The number of hydrogen-bond acceptors (Lipinski definition) is 6. The Morgan fingerprint density at radius 3 is 2.54 bits per heavy atom. The minimum absolute atomic E-state index is 0.347. The Hall–Kier alpha value is -2.67. The molecule has 0 atom stereocenters. The maximum absolute atomic E-state index is 11.4. The molecule has 1 aliphatic rings. The number of carbonyl (C=O) groups is 1. The third kappa shape index (κ3) is 2.88. The summed E-state index contributed by atoms with van der Waals surface area (Å²) in [7, 11) is 0. The molecule has 4 rings (SSSR count). The van der Waals surface area contributed by atoms with E-state index in [0.717, 1.165) is 47.8 Å². The number of anilines is 2. The Labute approximate surface area is 155 Å². The minimum atomic E-state index is -0.902. The van der Waals surface area contributed by atoms with Crippen LogP contribution in [0.2, 0.25) is 0 Å². The van der Waals surface area contributed by atoms with Gasteiger partial charge in [-0.3, -0.25) is 0 Å². The van der Waals surface area contributed by atoms with Gasteiger partial charge in [-0.25, -0.2) is 14.8 Å². The number of thiophene rings is 1. The van der Waals surface area contributed by atoms with E-state index in [-0.39, 0.29) is 0 Å². The van der Waals surface area contributed by atoms with Crippen LogP contribution in [0.25, 0.3) is 10.2 Å². The zero-order chi connectivity index (χ0) is 18.3. The van der Waals surface area contributed by atoms with E-state index in [0.29, 0.717) is 4.88 Å². The van der Waals surface area contributed by atoms with E-state index >= 15 is 0 Å². The summed E-state index contributed by atoms with van der Waals surface area (Å²) in [6.45, 7) is 7.46. The molecule has 0 bridgehead atoms. The van der Waals surface area contributed by atoms with Gasteiger partial charge in [-0.05, 0) is 37.1 Å². The van der Waals surface area contributed by atoms with Gasteiger partial charge in [0.1, 0.15) is 21.9 Å². The molecule has 1 aliphatic heterocycles. The van der Waals surface area contributed by atoms with Crippen LogP contribution < -0.4 is 9.80 Å². The fraction of sp³-hybridized carbons (Fsp3) is 0.316. The third-order valence-corrected chi connectivity index (χ3v) is 6.03. The van der Waals surface area contributed by atoms with Crippen molar-refractivity contribution in [1.29, 1.82) is 0 Å². The zero-order valence-corrected chi connectivity index (χ0v) is 15.6. The maximum atomic E-state index is 11.4. The van der Waals surface area contributed by atoms with Crippen LogP contribution >= 0.6 is 11.3 Å². The first-order valence-corrected chi connectivity index (χ1v) is 9.40. The summed E-state index contributed by atoms with van der Waals surface area (Å²) in [6.07, 6.45) is 1.53. The van der Waals surface area contributed by atoms with Crippen LogP contribution in [-0.2, 0) is 0 Å². The van der Waals surface area contributed by atoms with Crippen molar-refractivity contribution in [3.63, 3.8) is 0 Å². The number of rotatable bonds is 3. The second-order valence-electron chi connectivity index (χ2n) is 6.55. The average molecular weight is 368 g/mol. The highest BCUT2D eigenvalue weighted by atomic mass is 32.1. The number of hydrogen-bond donors (Lipinski definition) is 1. The lowest BCUT2D eigenvalue weighted by Gasteiger charge is -2.37. The van der Waals surface area contributed by atoms with Crippen LogP contribution in [-0.4, -0.2) is 47.2 Å². The van der Waals surface area contributed by atoms with Gasteiger partial charge in [0.25, 0.3) is 0 Å². The van der Waals surface area contributed by atoms with E-state index in [1.165, 1.54) is 28.9 Å². The third-order valence-electron chi connectivity index (χ3n) is 4.85. The Morgan fingerprint density at radius 2 is 1.85 bits per heavy atom. The van der Waals surface area contributed by atoms with E-state index < -0.39 is 5.97 Å². The highest BCUT2D eigenvalue weighted by Gasteiger charge is 2.24. The Morgan fingerprint density at radius 1 is 1.12 bits per heavy atom. The summed E-state index contributed by atoms with van der Waals surface area (Å²) >= 11 is 1.22. The number of benzene rings is 1. The van der Waals surface area contributed by atoms with Crippen LogP contribution in [0.15, 0.2) is 30.6 Å². The van der Waals surface area contributed by atoms with Crippen molar-refractivity contribution in [2.24, 2.45) is 0 Å². The van der Waals surface area contributed by atoms with Gasteiger partial charge in [0, 0.05) is 31.9 Å². The van der Waals surface area contributed by atoms with Gasteiger partial charge in [-0.1, -0.05) is 12.1 Å². The molecule has 134 valence electrons. The van der Waals surface area contributed by atoms with Gasteiger partial charge in [0.15, 0.2) is 0 Å². The van der Waals surface area contributed by atoms with Crippen molar-refractivity contribution < 1.29 is 9.90 Å². The topological polar surface area (TPSA) is 69.6 Å². The number of aromatic nitrogens is 2. The second kappa shape index (κ2) is 6.57. The molecule has 1 N–H and O–H groups in total. The lowest BCUT2D eigenvalue weighted by atomic mass is 10.1. The fourth-order valence-electron chi connectivity index (χ4n) is 3.50. The molecular formula is C19H20N4O2S. The number of aryl methyl sites for hydroxylation is 2. The van der Waals surface area contributed by atoms with Crippen LogP contribution in [0.3, 0.4) is 0 Å². The molecule has 6 nitrogen and oxygen atoms in total. The van der Waals surface area contributed by atoms with Crippen LogP contribution in [0.5, 0.6) is 0 Å². The Bertz CT molecular complexity index is 977. The predicted octanol–water partition coefficient (Wildman–Crippen LogP) is 3.33. The maximum Gasteiger partial charge on any atom is 0.346 e. The molecule has 1 fully saturated rings. The molecule has 7 heteroatoms. The van der Waals surface area contributed by atoms with E-state index in [1.807, 2.05) is 6.92 Å². The highest BCUT2D eigenvalue weighted by molar-refractivity contribution is 7.20. The Balaban J connectivity index is 1.61. The first kappa shape index (κ1) is 16.8. The quantitative estimate of drug-likeness (QED) is 0.765. The zero-order valence-electron chi connectivity index (χ0n) is 14.8. The first-order valence-electron chi connectivity index (χ1n) is 8.58. The van der Waals surface area contributed by atoms with Gasteiger partial charge in [0.05, 0.1) is 5.39 Å². The molecule has 3 aromatic rings. The molecule has 0 unspecified atom stereocenters. The smallest absolute Gasteiger partial charge is 0.346 e. The minimum Gasteiger partial charge on any atom is -0.477 e. The van der Waals surface area contributed by atoms with Gasteiger partial charge in [-0.15, -0.1) is 11.3 Å². The van der Waals surface area contributed by atoms with E-state index in [4.69, 9.17) is 0 Å². The molecule has 0 amide bonds. The monoisotopic (exact) mass is 368 g/mol. The van der Waals surface area contributed by atoms with Crippen molar-refractivity contribution in [3.05, 3.63) is 46.6 Å². The van der Waals surface area contributed by atoms with Gasteiger partial charge in [-0.2, -0.15) is 0 Å². The molecule has 0 spiro atoms. The van der Waals surface area contributed by atoms with Crippen LogP contribution in [0, 0.1) is 13.8 Å². The standard InChI is InChI=1S/C19H20N4O2S/c1-12-4-3-5-14(10-12)22-6-8-23(9-7-22)17-15-13(2)16(19(24)25)26-18(15)21-11-20-17/h3-5,10-11H,6-9H2,1-2H3,(H,24,25). The molecule has 3 heterocycles. The first-order chi connectivity index (χ1) is 12.5. The van der Waals surface area contributed by atoms with Gasteiger partial charge in [0.2, 0.25) is 0 Å². The molecular weight excluding hydrogens is 348 g/mol. The number of carboxylic acid groups (broad SMARTS) is 1. The number of aromatic carboxylic acids is 1. The lowest BCUT2D eigenvalue weighted by molar-refractivity contribution is 0.0701. The molecule has 26 heavy (non-hydrogen) atoms. The molecule has 0 radical (unpaired) electrons. The van der Waals surface area contributed by atoms with Crippen LogP contribution in [0.1, 0.15) is 20.8 Å². The van der Waals surface area contributed by atoms with Gasteiger partial charge >= 0.3 is 5.97 Å². The predicted molar refractivity (Wildman–Crippen MR) is 105 cm³/mol. The summed E-state index contributed by atoms with van der Waals surface area (Å²) in [5.41, 5.74) is 3.27. The highest BCUT2D eigenvalue weighted by Crippen LogP contribution is 2.35. The SMILES string of the molecule is Cc1cccc(N2CCN(c3ncnc4sc(C(=O)O)c(C)c34)CC2)c1. The number of fused-ring (bicyclic) bond motifs is 1. The molecule has 2 aromatic heterocycles. The van der Waals surface area contributed by atoms with E-state index in [2.05, 4.69) is 51.0 Å². The van der Waals surface area contributed by atoms with E-state index in [1.54, 1.807) is 0 Å². The summed E-state index contributed by atoms with van der Waals surface area (Å²) in [6, 6.07) is 8.55. The van der Waals surface area contributed by atoms with Crippen molar-refractivity contribution >= 4 is 39.0 Å². The van der Waals surface area contributed by atoms with Crippen LogP contribution in [0.4, 0.5) is 11.5 Å². The Kier molecular flexibility index (Phi) is 4.24. The number of nitrogens with zero attached hydrogens (tertiary/aromatic N) is 4. The van der Waals surface area contributed by atoms with Crippen molar-refractivity contribution in [2.45, 2.75) is 13.8 Å². The number of piperazine rings is 1. The summed E-state index contributed by atoms with van der Waals surface area (Å²) in [5.74, 6) is -0.0548. The molecule has 1 aromatic carbocycles. The van der Waals surface area contributed by atoms with Gasteiger partial charge < -0.3 is 14.9 Å². The normalized spacial score (nSPS) is 14.8. The van der Waals surface area contributed by atoms with E-state index in [9.17, 15) is 9.90 Å². The molecule has 0 saturated carbocycles. The van der Waals surface area contributed by atoms with Crippen molar-refractivity contribution in [2.75, 3.05) is 36.0 Å². The van der Waals surface area contributed by atoms with Crippen molar-refractivity contribution in [1.82, 2.24) is 9.97 Å². The fourth-order valence-corrected chi connectivity index (χ4v) is 4.48. The average Bonchev–Trinajstić information content (AvgIpc) is 2.99. The molecule has 0 aliphatic carbocycles.